The Morgan fingerprint density at radius 2 is 1.38 bits per heavy atom. The van der Waals surface area contributed by atoms with Crippen LogP contribution < -0.4 is 0 Å². The zero-order valence-corrected chi connectivity index (χ0v) is 16.9. The van der Waals surface area contributed by atoms with Gasteiger partial charge in [-0.1, -0.05) is 13.3 Å². The van der Waals surface area contributed by atoms with Gasteiger partial charge >= 0.3 is 11.9 Å². The molecular formula is C21H28N2O6. The van der Waals surface area contributed by atoms with Crippen molar-refractivity contribution in [2.75, 3.05) is 40.1 Å². The summed E-state index contributed by atoms with van der Waals surface area (Å²) in [5, 5.41) is 0. The molecule has 0 bridgehead atoms. The van der Waals surface area contributed by atoms with Crippen LogP contribution in [0.25, 0.3) is 0 Å². The van der Waals surface area contributed by atoms with E-state index in [0.29, 0.717) is 24.3 Å². The van der Waals surface area contributed by atoms with E-state index in [0.717, 1.165) is 19.4 Å². The third-order valence-corrected chi connectivity index (χ3v) is 3.42. The molecule has 0 saturated heterocycles. The summed E-state index contributed by atoms with van der Waals surface area (Å²) in [7, 11) is 1.55. The van der Waals surface area contributed by atoms with E-state index in [1.165, 1.54) is 12.4 Å². The Morgan fingerprint density at radius 3 is 1.83 bits per heavy atom. The van der Waals surface area contributed by atoms with Crippen molar-refractivity contribution in [2.24, 2.45) is 0 Å². The first-order valence-electron chi connectivity index (χ1n) is 9.40. The molecule has 0 N–H and O–H groups in total. The quantitative estimate of drug-likeness (QED) is 0.417. The molecule has 0 aliphatic carbocycles. The Kier molecular flexibility index (Phi) is 13.5. The fourth-order valence-corrected chi connectivity index (χ4v) is 1.89. The summed E-state index contributed by atoms with van der Waals surface area (Å²) < 4.78 is 19.9. The summed E-state index contributed by atoms with van der Waals surface area (Å²) in [5.74, 6) is -0.725. The van der Waals surface area contributed by atoms with Crippen molar-refractivity contribution in [3.05, 3.63) is 60.2 Å². The number of nitrogens with zero attached hydrogens (tertiary/aromatic N) is 2. The molecule has 0 saturated carbocycles. The van der Waals surface area contributed by atoms with Crippen molar-refractivity contribution in [1.29, 1.82) is 0 Å². The van der Waals surface area contributed by atoms with Crippen LogP contribution in [0.2, 0.25) is 0 Å². The molecule has 2 aromatic rings. The normalized spacial score (nSPS) is 9.86. The predicted molar refractivity (Wildman–Crippen MR) is 107 cm³/mol. The summed E-state index contributed by atoms with van der Waals surface area (Å²) in [4.78, 5) is 30.3. The lowest BCUT2D eigenvalue weighted by atomic mass is 10.3. The molecule has 0 fully saturated rings. The summed E-state index contributed by atoms with van der Waals surface area (Å²) in [6.07, 6.45) is 8.32. The van der Waals surface area contributed by atoms with E-state index in [4.69, 9.17) is 18.9 Å². The third kappa shape index (κ3) is 11.6. The zero-order valence-electron chi connectivity index (χ0n) is 16.9. The average Bonchev–Trinajstić information content (AvgIpc) is 2.78. The smallest absolute Gasteiger partial charge is 0.339 e. The van der Waals surface area contributed by atoms with Gasteiger partial charge < -0.3 is 18.9 Å². The van der Waals surface area contributed by atoms with Crippen LogP contribution in [0, 0.1) is 0 Å². The molecule has 0 aliphatic heterocycles. The Morgan fingerprint density at radius 1 is 0.828 bits per heavy atom. The highest BCUT2D eigenvalue weighted by molar-refractivity contribution is 5.89. The van der Waals surface area contributed by atoms with Crippen LogP contribution in [0.3, 0.4) is 0 Å². The van der Waals surface area contributed by atoms with Gasteiger partial charge in [0.25, 0.3) is 0 Å². The van der Waals surface area contributed by atoms with Gasteiger partial charge in [0.15, 0.2) is 0 Å². The molecule has 158 valence electrons. The Labute approximate surface area is 171 Å². The maximum atomic E-state index is 11.4. The van der Waals surface area contributed by atoms with Crippen molar-refractivity contribution in [3.63, 3.8) is 0 Å². The third-order valence-electron chi connectivity index (χ3n) is 3.42. The van der Waals surface area contributed by atoms with Crippen LogP contribution in [-0.2, 0) is 18.9 Å². The minimum absolute atomic E-state index is 0.268. The van der Waals surface area contributed by atoms with E-state index in [1.807, 2.05) is 0 Å². The van der Waals surface area contributed by atoms with Crippen molar-refractivity contribution in [1.82, 2.24) is 9.97 Å². The number of methoxy groups -OCH3 is 1. The van der Waals surface area contributed by atoms with Gasteiger partial charge in [0, 0.05) is 38.5 Å². The van der Waals surface area contributed by atoms with E-state index >= 15 is 0 Å². The van der Waals surface area contributed by atoms with Gasteiger partial charge in [-0.3, -0.25) is 9.97 Å². The molecule has 8 heteroatoms. The molecule has 0 aromatic carbocycles. The molecule has 0 unspecified atom stereocenters. The zero-order chi connectivity index (χ0) is 21.2. The predicted octanol–water partition coefficient (Wildman–Crippen LogP) is 2.94. The average molecular weight is 404 g/mol. The van der Waals surface area contributed by atoms with E-state index in [9.17, 15) is 9.59 Å². The van der Waals surface area contributed by atoms with Crippen LogP contribution in [0.4, 0.5) is 0 Å². The van der Waals surface area contributed by atoms with Crippen LogP contribution in [0.5, 0.6) is 0 Å². The molecular weight excluding hydrogens is 376 g/mol. The number of pyridine rings is 2. The number of esters is 2. The summed E-state index contributed by atoms with van der Waals surface area (Å²) >= 11 is 0. The Bertz CT molecular complexity index is 682. The maximum absolute atomic E-state index is 11.4. The Balaban J connectivity index is 0.000000296. The number of carbonyl (C=O) groups excluding carboxylic acids is 2. The minimum Gasteiger partial charge on any atom is -0.460 e. The lowest BCUT2D eigenvalue weighted by Crippen LogP contribution is -2.11. The maximum Gasteiger partial charge on any atom is 0.339 e. The number of hydrogen-bond donors (Lipinski definition) is 0. The van der Waals surface area contributed by atoms with Gasteiger partial charge in [0.1, 0.15) is 13.2 Å². The van der Waals surface area contributed by atoms with Gasteiger partial charge in [-0.2, -0.15) is 0 Å². The monoisotopic (exact) mass is 404 g/mol. The fraction of sp³-hybridized carbons (Fsp3) is 0.429. The van der Waals surface area contributed by atoms with Crippen molar-refractivity contribution in [2.45, 2.75) is 19.8 Å². The second kappa shape index (κ2) is 16.1. The lowest BCUT2D eigenvalue weighted by Gasteiger charge is -2.05. The number of ether oxygens (including phenoxy) is 4. The number of carbonyl (C=O) groups is 2. The highest BCUT2D eigenvalue weighted by Gasteiger charge is 2.06. The van der Waals surface area contributed by atoms with Crippen LogP contribution in [0.15, 0.2) is 49.1 Å². The summed E-state index contributed by atoms with van der Waals surface area (Å²) in [5.41, 5.74) is 0.926. The van der Waals surface area contributed by atoms with Gasteiger partial charge in [0.05, 0.1) is 24.3 Å². The molecule has 2 heterocycles. The van der Waals surface area contributed by atoms with E-state index in [-0.39, 0.29) is 25.2 Å². The van der Waals surface area contributed by atoms with E-state index in [2.05, 4.69) is 16.9 Å². The second-order valence-corrected chi connectivity index (χ2v) is 5.71. The number of rotatable bonds is 11. The molecule has 0 amide bonds. The van der Waals surface area contributed by atoms with Crippen LogP contribution in [-0.4, -0.2) is 62.1 Å². The van der Waals surface area contributed by atoms with Crippen LogP contribution >= 0.6 is 0 Å². The topological polar surface area (TPSA) is 96.8 Å². The first-order valence-corrected chi connectivity index (χ1v) is 9.40. The van der Waals surface area contributed by atoms with Gasteiger partial charge in [0.2, 0.25) is 0 Å². The molecule has 29 heavy (non-hydrogen) atoms. The summed E-state index contributed by atoms with van der Waals surface area (Å²) in [6, 6.07) is 6.72. The number of aromatic nitrogens is 2. The fourth-order valence-electron chi connectivity index (χ4n) is 1.89. The highest BCUT2D eigenvalue weighted by atomic mass is 16.6. The van der Waals surface area contributed by atoms with E-state index < -0.39 is 0 Å². The van der Waals surface area contributed by atoms with Gasteiger partial charge in [-0.05, 0) is 30.7 Å². The first-order chi connectivity index (χ1) is 14.2. The molecule has 2 aromatic heterocycles. The number of unbranched alkanes of at least 4 members (excludes halogenated alkanes) is 1. The lowest BCUT2D eigenvalue weighted by molar-refractivity contribution is 0.0313. The van der Waals surface area contributed by atoms with E-state index in [1.54, 1.807) is 43.8 Å². The first kappa shape index (κ1) is 24.2. The van der Waals surface area contributed by atoms with Crippen molar-refractivity contribution < 1.29 is 28.5 Å². The standard InChI is InChI=1S/C12H17NO3.C9H11NO3/c1-2-3-7-15-8-9-16-12(14)11-5-4-6-13-10-11;1-12-5-6-13-9(11)8-3-2-4-10-7-8/h4-6,10H,2-3,7-9H2,1H3;2-4,7H,5-6H2,1H3. The second-order valence-electron chi connectivity index (χ2n) is 5.71. The van der Waals surface area contributed by atoms with Crippen molar-refractivity contribution in [3.8, 4) is 0 Å². The van der Waals surface area contributed by atoms with Crippen molar-refractivity contribution >= 4 is 11.9 Å². The van der Waals surface area contributed by atoms with Crippen LogP contribution in [0.1, 0.15) is 40.5 Å². The largest absolute Gasteiger partial charge is 0.460 e. The highest BCUT2D eigenvalue weighted by Crippen LogP contribution is 1.99. The molecule has 0 spiro atoms. The summed E-state index contributed by atoms with van der Waals surface area (Å²) in [6.45, 7) is 4.24. The molecule has 0 radical (unpaired) electrons. The molecule has 2 rings (SSSR count). The number of hydrogen-bond acceptors (Lipinski definition) is 8. The Hall–Kier alpha value is -2.84. The van der Waals surface area contributed by atoms with Gasteiger partial charge in [-0.25, -0.2) is 9.59 Å². The molecule has 8 nitrogen and oxygen atoms in total. The van der Waals surface area contributed by atoms with Gasteiger partial charge in [-0.15, -0.1) is 0 Å². The minimum atomic E-state index is -0.370. The molecule has 0 aliphatic rings. The molecule has 0 atom stereocenters. The SMILES string of the molecule is CCCCOCCOC(=O)c1cccnc1.COCCOC(=O)c1cccnc1.